The number of carbonyl (C=O) groups excluding carboxylic acids is 2. The largest absolute Gasteiger partial charge is 0.364 e. The van der Waals surface area contributed by atoms with E-state index in [1.807, 2.05) is 6.07 Å². The monoisotopic (exact) mass is 325 g/mol. The Morgan fingerprint density at radius 1 is 1.17 bits per heavy atom. The van der Waals surface area contributed by atoms with E-state index in [-0.39, 0.29) is 17.1 Å². The number of amides is 2. The Morgan fingerprint density at radius 3 is 2.74 bits per heavy atom. The van der Waals surface area contributed by atoms with Gasteiger partial charge in [0.2, 0.25) is 0 Å². The first-order valence-electron chi connectivity index (χ1n) is 6.57. The lowest BCUT2D eigenvalue weighted by atomic mass is 10.2. The Kier molecular flexibility index (Phi) is 4.07. The maximum absolute atomic E-state index is 12.3. The van der Waals surface area contributed by atoms with Gasteiger partial charge in [0.1, 0.15) is 10.7 Å². The standard InChI is InChI=1S/C15H11N5O2S/c16-13(21)12-10(4-2-6-18-12)19-14(22)11-8-23-15(20-11)9-3-1-5-17-7-9/h1-8H,(H2,16,21)(H,19,22). The molecule has 3 aromatic rings. The van der Waals surface area contributed by atoms with Crippen molar-refractivity contribution in [2.24, 2.45) is 5.73 Å². The fourth-order valence-electron chi connectivity index (χ4n) is 1.89. The molecule has 3 heterocycles. The van der Waals surface area contributed by atoms with Gasteiger partial charge in [-0.1, -0.05) is 0 Å². The van der Waals surface area contributed by atoms with Crippen LogP contribution in [0.2, 0.25) is 0 Å². The number of pyridine rings is 2. The van der Waals surface area contributed by atoms with Crippen molar-refractivity contribution in [1.82, 2.24) is 15.0 Å². The van der Waals surface area contributed by atoms with Gasteiger partial charge < -0.3 is 11.1 Å². The predicted molar refractivity (Wildman–Crippen MR) is 86.1 cm³/mol. The normalized spacial score (nSPS) is 10.3. The Balaban J connectivity index is 1.83. The van der Waals surface area contributed by atoms with Gasteiger partial charge in [-0.2, -0.15) is 0 Å². The van der Waals surface area contributed by atoms with Gasteiger partial charge >= 0.3 is 0 Å². The topological polar surface area (TPSA) is 111 Å². The summed E-state index contributed by atoms with van der Waals surface area (Å²) >= 11 is 1.33. The zero-order chi connectivity index (χ0) is 16.2. The molecule has 2 amide bonds. The molecule has 7 nitrogen and oxygen atoms in total. The van der Waals surface area contributed by atoms with Crippen LogP contribution in [0.25, 0.3) is 10.6 Å². The van der Waals surface area contributed by atoms with E-state index in [4.69, 9.17) is 5.73 Å². The van der Waals surface area contributed by atoms with Crippen molar-refractivity contribution in [3.8, 4) is 10.6 Å². The lowest BCUT2D eigenvalue weighted by Crippen LogP contribution is -2.19. The second kappa shape index (κ2) is 6.32. The molecule has 3 N–H and O–H groups in total. The average molecular weight is 325 g/mol. The van der Waals surface area contributed by atoms with Crippen LogP contribution >= 0.6 is 11.3 Å². The SMILES string of the molecule is NC(=O)c1ncccc1NC(=O)c1csc(-c2cccnc2)n1. The Bertz CT molecular complexity index is 863. The average Bonchev–Trinajstić information content (AvgIpc) is 3.06. The fourth-order valence-corrected chi connectivity index (χ4v) is 2.68. The zero-order valence-corrected chi connectivity index (χ0v) is 12.6. The summed E-state index contributed by atoms with van der Waals surface area (Å²) in [7, 11) is 0. The second-order valence-electron chi connectivity index (χ2n) is 4.50. The third kappa shape index (κ3) is 3.22. The van der Waals surface area contributed by atoms with Crippen LogP contribution in [0.3, 0.4) is 0 Å². The molecule has 0 saturated heterocycles. The van der Waals surface area contributed by atoms with Gasteiger partial charge in [-0.3, -0.25) is 14.6 Å². The van der Waals surface area contributed by atoms with Crippen molar-refractivity contribution in [3.05, 3.63) is 59.6 Å². The molecule has 0 fully saturated rings. The third-order valence-electron chi connectivity index (χ3n) is 2.93. The molecule has 3 rings (SSSR count). The number of nitrogens with one attached hydrogen (secondary N) is 1. The summed E-state index contributed by atoms with van der Waals surface area (Å²) < 4.78 is 0. The summed E-state index contributed by atoms with van der Waals surface area (Å²) in [6.45, 7) is 0. The van der Waals surface area contributed by atoms with E-state index < -0.39 is 11.8 Å². The number of aromatic nitrogens is 3. The molecule has 0 unspecified atom stereocenters. The molecule has 0 radical (unpaired) electrons. The van der Waals surface area contributed by atoms with E-state index in [2.05, 4.69) is 20.3 Å². The van der Waals surface area contributed by atoms with Crippen LogP contribution in [0.4, 0.5) is 5.69 Å². The number of hydrogen-bond donors (Lipinski definition) is 2. The first-order chi connectivity index (χ1) is 11.1. The minimum atomic E-state index is -0.713. The Morgan fingerprint density at radius 2 is 2.00 bits per heavy atom. The van der Waals surface area contributed by atoms with Crippen LogP contribution in [0.15, 0.2) is 48.2 Å². The minimum absolute atomic E-state index is 0.00330. The van der Waals surface area contributed by atoms with E-state index in [0.29, 0.717) is 5.01 Å². The first kappa shape index (κ1) is 14.8. The van der Waals surface area contributed by atoms with Gasteiger partial charge in [0.05, 0.1) is 5.69 Å². The summed E-state index contributed by atoms with van der Waals surface area (Å²) in [5, 5.41) is 4.92. The highest BCUT2D eigenvalue weighted by Crippen LogP contribution is 2.23. The number of rotatable bonds is 4. The molecular formula is C15H11N5O2S. The van der Waals surface area contributed by atoms with Crippen molar-refractivity contribution in [3.63, 3.8) is 0 Å². The number of hydrogen-bond acceptors (Lipinski definition) is 6. The third-order valence-corrected chi connectivity index (χ3v) is 3.83. The highest BCUT2D eigenvalue weighted by Gasteiger charge is 2.16. The molecular weight excluding hydrogens is 314 g/mol. The molecule has 0 bridgehead atoms. The van der Waals surface area contributed by atoms with Crippen LogP contribution < -0.4 is 11.1 Å². The van der Waals surface area contributed by atoms with Gasteiger partial charge in [0.25, 0.3) is 11.8 Å². The van der Waals surface area contributed by atoms with Crippen LogP contribution in [-0.2, 0) is 0 Å². The molecule has 0 aromatic carbocycles. The predicted octanol–water partition coefficient (Wildman–Crippen LogP) is 1.95. The number of carbonyl (C=O) groups is 2. The molecule has 0 spiro atoms. The maximum Gasteiger partial charge on any atom is 0.275 e. The van der Waals surface area contributed by atoms with Crippen molar-refractivity contribution >= 4 is 28.8 Å². The van der Waals surface area contributed by atoms with E-state index in [0.717, 1.165) is 5.56 Å². The summed E-state index contributed by atoms with van der Waals surface area (Å²) in [6.07, 6.45) is 4.77. The maximum atomic E-state index is 12.3. The number of anilines is 1. The van der Waals surface area contributed by atoms with Crippen molar-refractivity contribution in [2.45, 2.75) is 0 Å². The van der Waals surface area contributed by atoms with E-state index in [1.165, 1.54) is 17.5 Å². The van der Waals surface area contributed by atoms with Gasteiger partial charge in [-0.15, -0.1) is 11.3 Å². The number of nitrogens with two attached hydrogens (primary N) is 1. The molecule has 0 aliphatic rings. The molecule has 0 aliphatic heterocycles. The minimum Gasteiger partial charge on any atom is -0.364 e. The van der Waals surface area contributed by atoms with Crippen LogP contribution in [0, 0.1) is 0 Å². The number of thiazole rings is 1. The van der Waals surface area contributed by atoms with Crippen LogP contribution in [0.5, 0.6) is 0 Å². The van der Waals surface area contributed by atoms with E-state index in [1.54, 1.807) is 36.0 Å². The van der Waals surface area contributed by atoms with Crippen LogP contribution in [-0.4, -0.2) is 26.8 Å². The molecule has 0 aliphatic carbocycles. The summed E-state index contributed by atoms with van der Waals surface area (Å²) in [5.41, 5.74) is 6.56. The van der Waals surface area contributed by atoms with Crippen molar-refractivity contribution in [1.29, 1.82) is 0 Å². The lowest BCUT2D eigenvalue weighted by molar-refractivity contribution is 0.0996. The first-order valence-corrected chi connectivity index (χ1v) is 7.45. The zero-order valence-electron chi connectivity index (χ0n) is 11.8. The van der Waals surface area contributed by atoms with Gasteiger partial charge in [-0.05, 0) is 24.3 Å². The Labute approximate surface area is 135 Å². The molecule has 0 atom stereocenters. The van der Waals surface area contributed by atoms with Gasteiger partial charge in [0.15, 0.2) is 5.69 Å². The quantitative estimate of drug-likeness (QED) is 0.761. The molecule has 0 saturated carbocycles. The second-order valence-corrected chi connectivity index (χ2v) is 5.36. The van der Waals surface area contributed by atoms with Crippen LogP contribution in [0.1, 0.15) is 21.0 Å². The summed E-state index contributed by atoms with van der Waals surface area (Å²) in [4.78, 5) is 35.8. The fraction of sp³-hybridized carbons (Fsp3) is 0. The van der Waals surface area contributed by atoms with E-state index >= 15 is 0 Å². The van der Waals surface area contributed by atoms with Gasteiger partial charge in [0, 0.05) is 29.5 Å². The van der Waals surface area contributed by atoms with Gasteiger partial charge in [-0.25, -0.2) is 9.97 Å². The van der Waals surface area contributed by atoms with Crippen molar-refractivity contribution in [2.75, 3.05) is 5.32 Å². The molecule has 8 heteroatoms. The highest BCUT2D eigenvalue weighted by molar-refractivity contribution is 7.13. The number of nitrogens with zero attached hydrogens (tertiary/aromatic N) is 3. The van der Waals surface area contributed by atoms with E-state index in [9.17, 15) is 9.59 Å². The smallest absolute Gasteiger partial charge is 0.275 e. The van der Waals surface area contributed by atoms with Crippen molar-refractivity contribution < 1.29 is 9.59 Å². The summed E-state index contributed by atoms with van der Waals surface area (Å²) in [6, 6.07) is 6.81. The molecule has 23 heavy (non-hydrogen) atoms. The molecule has 3 aromatic heterocycles. The lowest BCUT2D eigenvalue weighted by Gasteiger charge is -2.06. The number of primary amides is 1. The molecule has 114 valence electrons. The Hall–Kier alpha value is -3.13. The summed E-state index contributed by atoms with van der Waals surface area (Å²) in [5.74, 6) is -1.15. The highest BCUT2D eigenvalue weighted by atomic mass is 32.1.